The molecule has 5 heteroatoms. The first-order chi connectivity index (χ1) is 7.90. The number of hydrogen-bond donors (Lipinski definition) is 1. The summed E-state index contributed by atoms with van der Waals surface area (Å²) in [7, 11) is 0. The van der Waals surface area contributed by atoms with E-state index < -0.39 is 0 Å². The fourth-order valence-electron chi connectivity index (χ4n) is 1.52. The van der Waals surface area contributed by atoms with Gasteiger partial charge in [-0.05, 0) is 18.9 Å². The van der Waals surface area contributed by atoms with Crippen LogP contribution in [0.2, 0.25) is 0 Å². The molecule has 2 rings (SSSR count). The number of nitrogens with zero attached hydrogens (tertiary/aromatic N) is 4. The number of imidazole rings is 1. The molecule has 0 bridgehead atoms. The Morgan fingerprint density at radius 1 is 1.25 bits per heavy atom. The lowest BCUT2D eigenvalue weighted by molar-refractivity contribution is 0.287. The summed E-state index contributed by atoms with van der Waals surface area (Å²) in [6.45, 7) is 0.828. The highest BCUT2D eigenvalue weighted by Gasteiger charge is 2.03. The van der Waals surface area contributed by atoms with Crippen molar-refractivity contribution in [3.63, 3.8) is 0 Å². The van der Waals surface area contributed by atoms with Crippen molar-refractivity contribution < 1.29 is 5.11 Å². The van der Waals surface area contributed by atoms with E-state index in [1.165, 1.54) is 0 Å². The molecule has 2 heterocycles. The smallest absolute Gasteiger partial charge is 0.147 e. The molecule has 1 N–H and O–H groups in total. The third-order valence-corrected chi connectivity index (χ3v) is 2.32. The molecule has 0 aliphatic rings. The van der Waals surface area contributed by atoms with Gasteiger partial charge in [-0.2, -0.15) is 0 Å². The average Bonchev–Trinajstić information content (AvgIpc) is 2.75. The number of aliphatic hydroxyl groups excluding tert-OH is 1. The van der Waals surface area contributed by atoms with Gasteiger partial charge >= 0.3 is 0 Å². The molecule has 2 aromatic heterocycles. The van der Waals surface area contributed by atoms with Crippen LogP contribution < -0.4 is 0 Å². The van der Waals surface area contributed by atoms with Crippen LogP contribution in [0, 0.1) is 0 Å². The van der Waals surface area contributed by atoms with Crippen LogP contribution in [-0.4, -0.2) is 31.2 Å². The predicted octanol–water partition coefficient (Wildman–Crippen LogP) is 0.646. The van der Waals surface area contributed by atoms with Crippen LogP contribution in [0.1, 0.15) is 17.9 Å². The molecule has 0 radical (unpaired) electrons. The maximum atomic E-state index is 8.79. The van der Waals surface area contributed by atoms with Crippen LogP contribution in [0.3, 0.4) is 0 Å². The van der Waals surface area contributed by atoms with Crippen molar-refractivity contribution in [3.05, 3.63) is 42.5 Å². The van der Waals surface area contributed by atoms with Gasteiger partial charge < -0.3 is 9.67 Å². The quantitative estimate of drug-likeness (QED) is 0.800. The van der Waals surface area contributed by atoms with Crippen LogP contribution in [0.5, 0.6) is 0 Å². The second-order valence-electron chi connectivity index (χ2n) is 3.51. The van der Waals surface area contributed by atoms with Crippen molar-refractivity contribution in [2.24, 2.45) is 0 Å². The molecule has 16 heavy (non-hydrogen) atoms. The number of aromatic nitrogens is 4. The van der Waals surface area contributed by atoms with Gasteiger partial charge in [-0.15, -0.1) is 0 Å². The molecule has 0 unspecified atom stereocenters. The van der Waals surface area contributed by atoms with Gasteiger partial charge in [0.1, 0.15) is 5.82 Å². The minimum atomic E-state index is 0.201. The van der Waals surface area contributed by atoms with Crippen molar-refractivity contribution >= 4 is 0 Å². The van der Waals surface area contributed by atoms with Gasteiger partial charge in [0.05, 0.1) is 12.9 Å². The second kappa shape index (κ2) is 5.37. The molecule has 0 saturated carbocycles. The Morgan fingerprint density at radius 3 is 2.81 bits per heavy atom. The highest BCUT2D eigenvalue weighted by Crippen LogP contribution is 2.04. The van der Waals surface area contributed by atoms with Crippen molar-refractivity contribution in [1.82, 2.24) is 19.5 Å². The van der Waals surface area contributed by atoms with Crippen LogP contribution in [0.4, 0.5) is 0 Å². The van der Waals surface area contributed by atoms with E-state index in [0.29, 0.717) is 6.54 Å². The maximum Gasteiger partial charge on any atom is 0.147 e. The van der Waals surface area contributed by atoms with E-state index in [1.807, 2.05) is 10.8 Å². The molecule has 0 atom stereocenters. The summed E-state index contributed by atoms with van der Waals surface area (Å²) in [5.41, 5.74) is 1.10. The Morgan fingerprint density at radius 2 is 2.06 bits per heavy atom. The van der Waals surface area contributed by atoms with E-state index in [2.05, 4.69) is 15.0 Å². The minimum Gasteiger partial charge on any atom is -0.396 e. The molecule has 0 fully saturated rings. The van der Waals surface area contributed by atoms with Crippen molar-refractivity contribution in [2.45, 2.75) is 19.4 Å². The van der Waals surface area contributed by atoms with E-state index in [0.717, 1.165) is 24.4 Å². The lowest BCUT2D eigenvalue weighted by atomic mass is 10.2. The monoisotopic (exact) mass is 218 g/mol. The van der Waals surface area contributed by atoms with Crippen LogP contribution in [-0.2, 0) is 13.0 Å². The third-order valence-electron chi connectivity index (χ3n) is 2.32. The van der Waals surface area contributed by atoms with Crippen molar-refractivity contribution in [1.29, 1.82) is 0 Å². The van der Waals surface area contributed by atoms with Gasteiger partial charge in [-0.3, -0.25) is 0 Å². The maximum absolute atomic E-state index is 8.79. The third kappa shape index (κ3) is 2.64. The fourth-order valence-corrected chi connectivity index (χ4v) is 1.52. The number of aliphatic hydroxyl groups is 1. The summed E-state index contributed by atoms with van der Waals surface area (Å²) in [4.78, 5) is 12.4. The van der Waals surface area contributed by atoms with E-state index in [9.17, 15) is 0 Å². The van der Waals surface area contributed by atoms with Gasteiger partial charge in [0.15, 0.2) is 0 Å². The first-order valence-electron chi connectivity index (χ1n) is 5.26. The average molecular weight is 218 g/mol. The van der Waals surface area contributed by atoms with Gasteiger partial charge in [0.2, 0.25) is 0 Å². The molecular formula is C11H14N4O. The standard InChI is InChI=1S/C11H14N4O/c16-6-1-3-10-7-12-9-15(10)8-11-13-4-2-5-14-11/h2,4-5,7,9,16H,1,3,6,8H2. The summed E-state index contributed by atoms with van der Waals surface area (Å²) in [6, 6.07) is 1.80. The Kier molecular flexibility index (Phi) is 3.61. The van der Waals surface area contributed by atoms with Crippen LogP contribution in [0.15, 0.2) is 31.0 Å². The molecule has 0 aliphatic heterocycles. The molecule has 2 aromatic rings. The fraction of sp³-hybridized carbons (Fsp3) is 0.364. The normalized spacial score (nSPS) is 10.6. The lowest BCUT2D eigenvalue weighted by Gasteiger charge is -2.05. The molecule has 0 spiro atoms. The van der Waals surface area contributed by atoms with E-state index >= 15 is 0 Å². The summed E-state index contributed by atoms with van der Waals surface area (Å²) in [5.74, 6) is 0.769. The van der Waals surface area contributed by atoms with Gasteiger partial charge in [-0.1, -0.05) is 0 Å². The van der Waals surface area contributed by atoms with E-state index in [-0.39, 0.29) is 6.61 Å². The number of rotatable bonds is 5. The Bertz CT molecular complexity index is 427. The SMILES string of the molecule is OCCCc1cncn1Cc1ncccn1. The largest absolute Gasteiger partial charge is 0.396 e. The molecule has 0 amide bonds. The summed E-state index contributed by atoms with van der Waals surface area (Å²) >= 11 is 0. The molecular weight excluding hydrogens is 204 g/mol. The molecule has 0 aliphatic carbocycles. The molecule has 5 nitrogen and oxygen atoms in total. The zero-order valence-electron chi connectivity index (χ0n) is 8.95. The highest BCUT2D eigenvalue weighted by atomic mass is 16.2. The molecule has 0 aromatic carbocycles. The second-order valence-corrected chi connectivity index (χ2v) is 3.51. The minimum absolute atomic E-state index is 0.201. The zero-order chi connectivity index (χ0) is 11.2. The Balaban J connectivity index is 2.07. The summed E-state index contributed by atoms with van der Waals surface area (Å²) in [6.07, 6.45) is 8.62. The van der Waals surface area contributed by atoms with E-state index in [1.54, 1.807) is 24.8 Å². The van der Waals surface area contributed by atoms with Crippen molar-refractivity contribution in [3.8, 4) is 0 Å². The number of hydrogen-bond acceptors (Lipinski definition) is 4. The van der Waals surface area contributed by atoms with Gasteiger partial charge in [-0.25, -0.2) is 15.0 Å². The van der Waals surface area contributed by atoms with E-state index in [4.69, 9.17) is 5.11 Å². The number of aryl methyl sites for hydroxylation is 1. The van der Waals surface area contributed by atoms with Gasteiger partial charge in [0.25, 0.3) is 0 Å². The highest BCUT2D eigenvalue weighted by molar-refractivity contribution is 5.01. The first kappa shape index (κ1) is 10.8. The first-order valence-corrected chi connectivity index (χ1v) is 5.26. The molecule has 84 valence electrons. The zero-order valence-corrected chi connectivity index (χ0v) is 8.95. The van der Waals surface area contributed by atoms with Crippen LogP contribution >= 0.6 is 0 Å². The Labute approximate surface area is 93.8 Å². The Hall–Kier alpha value is -1.75. The topological polar surface area (TPSA) is 63.8 Å². The van der Waals surface area contributed by atoms with Crippen molar-refractivity contribution in [2.75, 3.05) is 6.61 Å². The summed E-state index contributed by atoms with van der Waals surface area (Å²) in [5, 5.41) is 8.79. The lowest BCUT2D eigenvalue weighted by Crippen LogP contribution is -2.06. The van der Waals surface area contributed by atoms with Crippen LogP contribution in [0.25, 0.3) is 0 Å². The summed E-state index contributed by atoms with van der Waals surface area (Å²) < 4.78 is 2.00. The van der Waals surface area contributed by atoms with Gasteiger partial charge in [0, 0.05) is 30.9 Å². The predicted molar refractivity (Wildman–Crippen MR) is 58.8 cm³/mol. The molecule has 0 saturated heterocycles.